The van der Waals surface area contributed by atoms with E-state index in [2.05, 4.69) is 16.0 Å². The zero-order valence-corrected chi connectivity index (χ0v) is 14.3. The molecule has 6 N–H and O–H groups in total. The molecule has 12 heteroatoms. The van der Waals surface area contributed by atoms with Crippen LogP contribution in [0.1, 0.15) is 38.5 Å². The van der Waals surface area contributed by atoms with Crippen LogP contribution in [0, 0.1) is 0 Å². The van der Waals surface area contributed by atoms with Crippen LogP contribution in [0.2, 0.25) is 0 Å². The van der Waals surface area contributed by atoms with Gasteiger partial charge in [-0.2, -0.15) is 0 Å². The number of hydrogen-bond acceptors (Lipinski definition) is 6. The Kier molecular flexibility index (Phi) is 8.17. The lowest BCUT2D eigenvalue weighted by molar-refractivity contribution is -0.140. The zero-order valence-electron chi connectivity index (χ0n) is 14.3. The van der Waals surface area contributed by atoms with E-state index in [1.54, 1.807) is 0 Å². The molecule has 0 radical (unpaired) electrons. The van der Waals surface area contributed by atoms with Crippen molar-refractivity contribution in [2.75, 3.05) is 0 Å². The van der Waals surface area contributed by atoms with Crippen molar-refractivity contribution in [3.63, 3.8) is 0 Å². The summed E-state index contributed by atoms with van der Waals surface area (Å²) in [6.45, 7) is 0. The molecule has 0 spiro atoms. The lowest BCUT2D eigenvalue weighted by Crippen LogP contribution is -2.32. The second-order valence-electron chi connectivity index (χ2n) is 5.99. The number of rotatable bonds is 3. The smallest absolute Gasteiger partial charge is 0.326 e. The van der Waals surface area contributed by atoms with Gasteiger partial charge in [-0.05, 0) is 19.3 Å². The van der Waals surface area contributed by atoms with Crippen molar-refractivity contribution in [3.8, 4) is 0 Å². The molecule has 3 aliphatic heterocycles. The van der Waals surface area contributed by atoms with E-state index < -0.39 is 36.0 Å². The van der Waals surface area contributed by atoms with Crippen molar-refractivity contribution in [2.45, 2.75) is 56.7 Å². The van der Waals surface area contributed by atoms with E-state index in [4.69, 9.17) is 15.3 Å². The van der Waals surface area contributed by atoms with Gasteiger partial charge in [-0.3, -0.25) is 14.4 Å². The maximum Gasteiger partial charge on any atom is 0.326 e. The lowest BCUT2D eigenvalue weighted by atomic mass is 10.2. The van der Waals surface area contributed by atoms with Gasteiger partial charge in [0.25, 0.3) is 0 Å². The molecule has 3 amide bonds. The third-order valence-electron chi connectivity index (χ3n) is 3.88. The Bertz CT molecular complexity index is 548. The van der Waals surface area contributed by atoms with Gasteiger partial charge in [0.1, 0.15) is 18.1 Å². The van der Waals surface area contributed by atoms with Crippen molar-refractivity contribution >= 4 is 35.6 Å². The monoisotopic (exact) mass is 387 g/mol. The average molecular weight is 387 g/mol. The topological polar surface area (TPSA) is 199 Å². The first-order valence-electron chi connectivity index (χ1n) is 8.16. The van der Waals surface area contributed by atoms with E-state index in [-0.39, 0.29) is 17.7 Å². The molecule has 0 aliphatic carbocycles. The summed E-state index contributed by atoms with van der Waals surface area (Å²) < 4.78 is 0. The SMILES string of the molecule is O=C1CCC(C(=O)O)N1.O=C1CCC(C(=O)O)N1.O=C1CCC(C(=O)O)N1. The molecule has 3 fully saturated rings. The molecule has 0 aromatic heterocycles. The minimum absolute atomic E-state index is 0.164. The molecule has 0 aromatic carbocycles. The highest BCUT2D eigenvalue weighted by Crippen LogP contribution is 2.06. The summed E-state index contributed by atoms with van der Waals surface area (Å²) in [5, 5.41) is 31.9. The molecule has 27 heavy (non-hydrogen) atoms. The second kappa shape index (κ2) is 10.1. The van der Waals surface area contributed by atoms with Crippen LogP contribution < -0.4 is 16.0 Å². The molecule has 3 saturated heterocycles. The second-order valence-corrected chi connectivity index (χ2v) is 5.99. The fourth-order valence-corrected chi connectivity index (χ4v) is 2.40. The molecule has 0 aromatic rings. The van der Waals surface area contributed by atoms with Gasteiger partial charge in [0.05, 0.1) is 0 Å². The Morgan fingerprint density at radius 2 is 0.815 bits per heavy atom. The quantitative estimate of drug-likeness (QED) is 0.318. The van der Waals surface area contributed by atoms with Gasteiger partial charge >= 0.3 is 17.9 Å². The van der Waals surface area contributed by atoms with Crippen LogP contribution in [0.25, 0.3) is 0 Å². The molecular weight excluding hydrogens is 366 g/mol. The van der Waals surface area contributed by atoms with Gasteiger partial charge in [-0.1, -0.05) is 0 Å². The Labute approximate surface area is 153 Å². The molecule has 0 saturated carbocycles. The van der Waals surface area contributed by atoms with Crippen molar-refractivity contribution in [3.05, 3.63) is 0 Å². The van der Waals surface area contributed by atoms with Crippen LogP contribution in [-0.2, 0) is 28.8 Å². The minimum Gasteiger partial charge on any atom is -0.480 e. The van der Waals surface area contributed by atoms with E-state index in [0.29, 0.717) is 38.5 Å². The highest BCUT2D eigenvalue weighted by atomic mass is 16.4. The highest BCUT2D eigenvalue weighted by Gasteiger charge is 2.27. The van der Waals surface area contributed by atoms with Gasteiger partial charge in [0.2, 0.25) is 17.7 Å². The minimum atomic E-state index is -0.944. The molecule has 3 heterocycles. The Hall–Kier alpha value is -3.18. The van der Waals surface area contributed by atoms with Crippen molar-refractivity contribution in [1.29, 1.82) is 0 Å². The van der Waals surface area contributed by atoms with E-state index in [0.717, 1.165) is 0 Å². The Morgan fingerprint density at radius 1 is 0.593 bits per heavy atom. The van der Waals surface area contributed by atoms with Crippen LogP contribution in [0.4, 0.5) is 0 Å². The number of carboxylic acid groups (broad SMARTS) is 3. The van der Waals surface area contributed by atoms with Crippen molar-refractivity contribution in [2.24, 2.45) is 0 Å². The van der Waals surface area contributed by atoms with E-state index in [1.165, 1.54) is 0 Å². The van der Waals surface area contributed by atoms with Gasteiger partial charge in [0, 0.05) is 19.3 Å². The van der Waals surface area contributed by atoms with Crippen LogP contribution in [0.3, 0.4) is 0 Å². The van der Waals surface area contributed by atoms with Crippen LogP contribution >= 0.6 is 0 Å². The standard InChI is InChI=1S/3C5H7NO3/c3*7-4-2-1-3(6-4)5(8)9/h3*3H,1-2H2,(H,6,7)(H,8,9). The average Bonchev–Trinajstić information content (AvgIpc) is 3.30. The fourth-order valence-electron chi connectivity index (χ4n) is 2.40. The maximum absolute atomic E-state index is 10.4. The number of nitrogens with one attached hydrogen (secondary N) is 3. The summed E-state index contributed by atoms with van der Waals surface area (Å²) in [5.41, 5.74) is 0. The summed E-state index contributed by atoms with van der Waals surface area (Å²) in [4.78, 5) is 61.5. The number of carbonyl (C=O) groups excluding carboxylic acids is 3. The summed E-state index contributed by atoms with van der Waals surface area (Å²) in [7, 11) is 0. The summed E-state index contributed by atoms with van der Waals surface area (Å²) in [5.74, 6) is -3.32. The van der Waals surface area contributed by atoms with Crippen molar-refractivity contribution in [1.82, 2.24) is 16.0 Å². The first-order valence-corrected chi connectivity index (χ1v) is 8.16. The van der Waals surface area contributed by atoms with E-state index >= 15 is 0 Å². The number of aliphatic carboxylic acids is 3. The largest absolute Gasteiger partial charge is 0.480 e. The molecule has 12 nitrogen and oxygen atoms in total. The van der Waals surface area contributed by atoms with Crippen LogP contribution in [0.5, 0.6) is 0 Å². The van der Waals surface area contributed by atoms with Crippen LogP contribution in [-0.4, -0.2) is 69.1 Å². The number of carbonyl (C=O) groups is 6. The first kappa shape index (κ1) is 21.9. The third-order valence-corrected chi connectivity index (χ3v) is 3.88. The molecule has 3 atom stereocenters. The normalized spacial score (nSPS) is 25.8. The summed E-state index contributed by atoms with van der Waals surface area (Å²) in [6, 6.07) is -1.92. The summed E-state index contributed by atoms with van der Waals surface area (Å²) >= 11 is 0. The third kappa shape index (κ3) is 7.71. The lowest BCUT2D eigenvalue weighted by Gasteiger charge is -1.99. The number of hydrogen-bond donors (Lipinski definition) is 6. The molecule has 0 bridgehead atoms. The highest BCUT2D eigenvalue weighted by molar-refractivity contribution is 5.88. The zero-order chi connectivity index (χ0) is 20.6. The van der Waals surface area contributed by atoms with Crippen molar-refractivity contribution < 1.29 is 44.1 Å². The van der Waals surface area contributed by atoms with Gasteiger partial charge in [0.15, 0.2) is 0 Å². The number of amides is 3. The predicted molar refractivity (Wildman–Crippen MR) is 86.4 cm³/mol. The molecular formula is C15H21N3O9. The Balaban J connectivity index is 0.000000202. The molecule has 3 aliphatic rings. The van der Waals surface area contributed by atoms with E-state index in [1.807, 2.05) is 0 Å². The van der Waals surface area contributed by atoms with Crippen LogP contribution in [0.15, 0.2) is 0 Å². The Morgan fingerprint density at radius 3 is 0.889 bits per heavy atom. The first-order chi connectivity index (χ1) is 12.6. The van der Waals surface area contributed by atoms with Gasteiger partial charge in [-0.15, -0.1) is 0 Å². The van der Waals surface area contributed by atoms with Gasteiger partial charge in [-0.25, -0.2) is 14.4 Å². The fraction of sp³-hybridized carbons (Fsp3) is 0.600. The number of carboxylic acids is 3. The summed E-state index contributed by atoms with van der Waals surface area (Å²) in [6.07, 6.45) is 2.31. The molecule has 150 valence electrons. The van der Waals surface area contributed by atoms with Gasteiger partial charge < -0.3 is 31.3 Å². The maximum atomic E-state index is 10.4. The van der Waals surface area contributed by atoms with E-state index in [9.17, 15) is 28.8 Å². The predicted octanol–water partition coefficient (Wildman–Crippen LogP) is -1.95. The molecule has 3 rings (SSSR count). The molecule has 3 unspecified atom stereocenters.